The number of methoxy groups -OCH3 is 2. The lowest BCUT2D eigenvalue weighted by atomic mass is 10.1. The highest BCUT2D eigenvalue weighted by Gasteiger charge is 2.31. The van der Waals surface area contributed by atoms with E-state index in [1.807, 2.05) is 44.2 Å². The molecule has 3 rings (SSSR count). The standard InChI is InChI=1S/C24H26N2O4S2/c1-15-7-9-18(12-16(15)2)25-22(27)6-5-11-26-23(28)21(32-24(26)31)14-17-8-10-19(29-3)20(13-17)30-4/h7-10,12-14H,5-6,11H2,1-4H3,(H,25,27)/b21-14-. The first-order chi connectivity index (χ1) is 15.3. The molecule has 1 heterocycles. The smallest absolute Gasteiger partial charge is 0.266 e. The van der Waals surface area contributed by atoms with E-state index >= 15 is 0 Å². The second kappa shape index (κ2) is 10.7. The molecule has 0 aliphatic carbocycles. The minimum Gasteiger partial charge on any atom is -0.493 e. The number of carbonyl (C=O) groups is 2. The van der Waals surface area contributed by atoms with Gasteiger partial charge in [0.1, 0.15) is 4.32 Å². The largest absolute Gasteiger partial charge is 0.493 e. The Labute approximate surface area is 198 Å². The molecule has 2 amide bonds. The predicted molar refractivity (Wildman–Crippen MR) is 133 cm³/mol. The van der Waals surface area contributed by atoms with Crippen molar-refractivity contribution in [2.75, 3.05) is 26.1 Å². The average Bonchev–Trinajstić information content (AvgIpc) is 3.03. The third-order valence-corrected chi connectivity index (χ3v) is 6.53. The van der Waals surface area contributed by atoms with Gasteiger partial charge >= 0.3 is 0 Å². The van der Waals surface area contributed by atoms with E-state index in [0.29, 0.717) is 40.1 Å². The van der Waals surface area contributed by atoms with Gasteiger partial charge < -0.3 is 14.8 Å². The fourth-order valence-electron chi connectivity index (χ4n) is 3.23. The number of nitrogens with one attached hydrogen (secondary N) is 1. The Morgan fingerprint density at radius 3 is 2.53 bits per heavy atom. The van der Waals surface area contributed by atoms with Crippen molar-refractivity contribution in [1.29, 1.82) is 0 Å². The van der Waals surface area contributed by atoms with Crippen LogP contribution >= 0.6 is 24.0 Å². The molecule has 1 fully saturated rings. The Hall–Kier alpha value is -2.84. The number of anilines is 1. The summed E-state index contributed by atoms with van der Waals surface area (Å²) in [6, 6.07) is 11.3. The van der Waals surface area contributed by atoms with Crippen LogP contribution in [-0.4, -0.2) is 41.8 Å². The molecule has 0 spiro atoms. The van der Waals surface area contributed by atoms with Crippen LogP contribution in [0.2, 0.25) is 0 Å². The van der Waals surface area contributed by atoms with Crippen LogP contribution in [0.25, 0.3) is 6.08 Å². The Morgan fingerprint density at radius 2 is 1.84 bits per heavy atom. The Morgan fingerprint density at radius 1 is 1.09 bits per heavy atom. The number of thiocarbonyl (C=S) groups is 1. The number of hydrogen-bond acceptors (Lipinski definition) is 6. The molecule has 168 valence electrons. The van der Waals surface area contributed by atoms with E-state index in [2.05, 4.69) is 5.32 Å². The quantitative estimate of drug-likeness (QED) is 0.435. The first kappa shape index (κ1) is 23.8. The maximum Gasteiger partial charge on any atom is 0.266 e. The lowest BCUT2D eigenvalue weighted by Gasteiger charge is -2.14. The van der Waals surface area contributed by atoms with E-state index in [0.717, 1.165) is 16.8 Å². The van der Waals surface area contributed by atoms with Crippen molar-refractivity contribution in [3.8, 4) is 11.5 Å². The summed E-state index contributed by atoms with van der Waals surface area (Å²) < 4.78 is 11.1. The molecule has 1 aliphatic heterocycles. The van der Waals surface area contributed by atoms with Crippen molar-refractivity contribution in [2.24, 2.45) is 0 Å². The van der Waals surface area contributed by atoms with Crippen LogP contribution in [-0.2, 0) is 9.59 Å². The van der Waals surface area contributed by atoms with Crippen molar-refractivity contribution < 1.29 is 19.1 Å². The fraction of sp³-hybridized carbons (Fsp3) is 0.292. The van der Waals surface area contributed by atoms with Gasteiger partial charge in [0.15, 0.2) is 11.5 Å². The summed E-state index contributed by atoms with van der Waals surface area (Å²) >= 11 is 6.65. The number of ether oxygens (including phenoxy) is 2. The van der Waals surface area contributed by atoms with Gasteiger partial charge in [0.2, 0.25) is 5.91 Å². The van der Waals surface area contributed by atoms with Crippen molar-refractivity contribution in [3.05, 3.63) is 58.0 Å². The van der Waals surface area contributed by atoms with Gasteiger partial charge in [-0.2, -0.15) is 0 Å². The van der Waals surface area contributed by atoms with Gasteiger partial charge in [-0.3, -0.25) is 14.5 Å². The van der Waals surface area contributed by atoms with Crippen molar-refractivity contribution in [3.63, 3.8) is 0 Å². The zero-order chi connectivity index (χ0) is 23.3. The van der Waals surface area contributed by atoms with Gasteiger partial charge in [0.05, 0.1) is 19.1 Å². The molecule has 1 aliphatic rings. The van der Waals surface area contributed by atoms with E-state index in [-0.39, 0.29) is 11.8 Å². The second-order valence-electron chi connectivity index (χ2n) is 7.40. The van der Waals surface area contributed by atoms with Crippen LogP contribution in [0.3, 0.4) is 0 Å². The molecule has 0 atom stereocenters. The summed E-state index contributed by atoms with van der Waals surface area (Å²) in [5, 5.41) is 2.91. The van der Waals surface area contributed by atoms with Gasteiger partial charge in [-0.1, -0.05) is 36.1 Å². The normalized spacial score (nSPS) is 14.8. The van der Waals surface area contributed by atoms with E-state index < -0.39 is 0 Å². The highest BCUT2D eigenvalue weighted by atomic mass is 32.2. The Balaban J connectivity index is 1.57. The molecular weight excluding hydrogens is 444 g/mol. The molecule has 2 aromatic carbocycles. The average molecular weight is 471 g/mol. The molecule has 6 nitrogen and oxygen atoms in total. The third-order valence-electron chi connectivity index (χ3n) is 5.16. The number of hydrogen-bond donors (Lipinski definition) is 1. The maximum atomic E-state index is 12.8. The SMILES string of the molecule is COc1ccc(/C=C2\SC(=S)N(CCCC(=O)Nc3ccc(C)c(C)c3)C2=O)cc1OC. The topological polar surface area (TPSA) is 67.9 Å². The Bertz CT molecular complexity index is 1080. The Kier molecular flexibility index (Phi) is 7.93. The highest BCUT2D eigenvalue weighted by molar-refractivity contribution is 8.26. The molecular formula is C24H26N2O4S2. The number of amides is 2. The minimum atomic E-state index is -0.149. The molecule has 0 bridgehead atoms. The van der Waals surface area contributed by atoms with Crippen LogP contribution in [0.1, 0.15) is 29.5 Å². The van der Waals surface area contributed by atoms with Crippen molar-refractivity contribution >= 4 is 51.9 Å². The molecule has 0 aromatic heterocycles. The van der Waals surface area contributed by atoms with E-state index in [1.54, 1.807) is 31.3 Å². The zero-order valence-electron chi connectivity index (χ0n) is 18.6. The van der Waals surface area contributed by atoms with Crippen LogP contribution in [0, 0.1) is 13.8 Å². The minimum absolute atomic E-state index is 0.0837. The van der Waals surface area contributed by atoms with E-state index in [1.165, 1.54) is 17.3 Å². The monoisotopic (exact) mass is 470 g/mol. The molecule has 2 aromatic rings. The van der Waals surface area contributed by atoms with Gasteiger partial charge in [-0.15, -0.1) is 0 Å². The molecule has 0 saturated carbocycles. The lowest BCUT2D eigenvalue weighted by molar-refractivity contribution is -0.122. The van der Waals surface area contributed by atoms with Crippen molar-refractivity contribution in [2.45, 2.75) is 26.7 Å². The fourth-order valence-corrected chi connectivity index (χ4v) is 4.54. The van der Waals surface area contributed by atoms with Crippen LogP contribution < -0.4 is 14.8 Å². The van der Waals surface area contributed by atoms with Gasteiger partial charge in [-0.05, 0) is 67.3 Å². The summed E-state index contributed by atoms with van der Waals surface area (Å²) in [4.78, 5) is 27.2. The van der Waals surface area contributed by atoms with E-state index in [4.69, 9.17) is 21.7 Å². The third kappa shape index (κ3) is 5.69. The summed E-state index contributed by atoms with van der Waals surface area (Å²) in [6.45, 7) is 4.44. The number of nitrogens with zero attached hydrogens (tertiary/aromatic N) is 1. The van der Waals surface area contributed by atoms with Crippen LogP contribution in [0.5, 0.6) is 11.5 Å². The number of carbonyl (C=O) groups excluding carboxylic acids is 2. The first-order valence-electron chi connectivity index (χ1n) is 10.2. The molecule has 1 N–H and O–H groups in total. The summed E-state index contributed by atoms with van der Waals surface area (Å²) in [7, 11) is 3.14. The summed E-state index contributed by atoms with van der Waals surface area (Å²) in [5.74, 6) is 0.978. The van der Waals surface area contributed by atoms with Gasteiger partial charge in [0, 0.05) is 18.7 Å². The number of thioether (sulfide) groups is 1. The molecule has 1 saturated heterocycles. The maximum absolute atomic E-state index is 12.8. The second-order valence-corrected chi connectivity index (χ2v) is 9.07. The molecule has 8 heteroatoms. The zero-order valence-corrected chi connectivity index (χ0v) is 20.2. The van der Waals surface area contributed by atoms with Crippen LogP contribution in [0.4, 0.5) is 5.69 Å². The van der Waals surface area contributed by atoms with Gasteiger partial charge in [0.25, 0.3) is 5.91 Å². The first-order valence-corrected chi connectivity index (χ1v) is 11.4. The van der Waals surface area contributed by atoms with Gasteiger partial charge in [-0.25, -0.2) is 0 Å². The molecule has 0 radical (unpaired) electrons. The van der Waals surface area contributed by atoms with Crippen LogP contribution in [0.15, 0.2) is 41.3 Å². The van der Waals surface area contributed by atoms with Crippen molar-refractivity contribution in [1.82, 2.24) is 4.90 Å². The molecule has 0 unspecified atom stereocenters. The number of benzene rings is 2. The van der Waals surface area contributed by atoms with E-state index in [9.17, 15) is 9.59 Å². The highest BCUT2D eigenvalue weighted by Crippen LogP contribution is 2.34. The number of aryl methyl sites for hydroxylation is 2. The number of rotatable bonds is 8. The summed E-state index contributed by atoms with van der Waals surface area (Å²) in [5.41, 5.74) is 3.90. The molecule has 32 heavy (non-hydrogen) atoms. The predicted octanol–water partition coefficient (Wildman–Crippen LogP) is 4.94. The summed E-state index contributed by atoms with van der Waals surface area (Å²) in [6.07, 6.45) is 2.61. The lowest BCUT2D eigenvalue weighted by Crippen LogP contribution is -2.29.